The smallest absolute Gasteiger partial charge is 0.251 e. The predicted molar refractivity (Wildman–Crippen MR) is 136 cm³/mol. The summed E-state index contributed by atoms with van der Waals surface area (Å²) in [5.74, 6) is -0.153. The van der Waals surface area contributed by atoms with Crippen LogP contribution in [0.25, 0.3) is 0 Å². The molecular formula is C27H31N3O3S. The van der Waals surface area contributed by atoms with Crippen LogP contribution in [-0.2, 0) is 29.7 Å². The molecule has 1 aliphatic rings. The Morgan fingerprint density at radius 1 is 0.882 bits per heavy atom. The Kier molecular flexibility index (Phi) is 7.65. The molecule has 0 unspecified atom stereocenters. The first kappa shape index (κ1) is 24.0. The molecule has 0 radical (unpaired) electrons. The van der Waals surface area contributed by atoms with E-state index in [1.165, 1.54) is 29.0 Å². The monoisotopic (exact) mass is 477 g/mol. The van der Waals surface area contributed by atoms with Gasteiger partial charge in [0.2, 0.25) is 10.0 Å². The lowest BCUT2D eigenvalue weighted by Gasteiger charge is -2.22. The number of para-hydroxylation sites is 1. The molecule has 0 bridgehead atoms. The molecule has 7 heteroatoms. The summed E-state index contributed by atoms with van der Waals surface area (Å²) in [6.07, 6.45) is 3.74. The average molecular weight is 478 g/mol. The number of likely N-dealkylation sites (tertiary alicyclic amines) is 1. The van der Waals surface area contributed by atoms with Crippen molar-refractivity contribution in [2.75, 3.05) is 23.7 Å². The quantitative estimate of drug-likeness (QED) is 0.502. The van der Waals surface area contributed by atoms with Crippen LogP contribution >= 0.6 is 0 Å². The lowest BCUT2D eigenvalue weighted by Crippen LogP contribution is -2.29. The van der Waals surface area contributed by atoms with Gasteiger partial charge in [0.05, 0.1) is 18.5 Å². The van der Waals surface area contributed by atoms with Crippen molar-refractivity contribution < 1.29 is 13.2 Å². The van der Waals surface area contributed by atoms with Crippen LogP contribution < -0.4 is 9.62 Å². The molecule has 3 aromatic carbocycles. The first-order valence-electron chi connectivity index (χ1n) is 11.6. The summed E-state index contributed by atoms with van der Waals surface area (Å²) in [7, 11) is -3.44. The second-order valence-corrected chi connectivity index (χ2v) is 10.7. The van der Waals surface area contributed by atoms with E-state index in [2.05, 4.69) is 22.3 Å². The molecule has 1 heterocycles. The number of hydrogen-bond donors (Lipinski definition) is 1. The van der Waals surface area contributed by atoms with E-state index in [1.54, 1.807) is 36.4 Å². The molecule has 0 spiro atoms. The zero-order chi connectivity index (χ0) is 24.0. The molecule has 178 valence electrons. The SMILES string of the molecule is CS(=O)(=O)N(Cc1ccc(C(=O)NCc2cccc(CN3CCCC3)c2)cc1)c1ccccc1. The van der Waals surface area contributed by atoms with Crippen LogP contribution in [0.3, 0.4) is 0 Å². The number of amides is 1. The minimum Gasteiger partial charge on any atom is -0.348 e. The van der Waals surface area contributed by atoms with E-state index in [4.69, 9.17) is 0 Å². The van der Waals surface area contributed by atoms with E-state index >= 15 is 0 Å². The second kappa shape index (κ2) is 10.8. The topological polar surface area (TPSA) is 69.7 Å². The van der Waals surface area contributed by atoms with Gasteiger partial charge in [-0.05, 0) is 66.9 Å². The largest absolute Gasteiger partial charge is 0.348 e. The highest BCUT2D eigenvalue weighted by Gasteiger charge is 2.18. The number of hydrogen-bond acceptors (Lipinski definition) is 4. The van der Waals surface area contributed by atoms with Crippen LogP contribution in [0, 0.1) is 0 Å². The molecule has 1 aliphatic heterocycles. The zero-order valence-electron chi connectivity index (χ0n) is 19.5. The minimum absolute atomic E-state index is 0.153. The van der Waals surface area contributed by atoms with E-state index in [1.807, 2.05) is 30.3 Å². The molecule has 34 heavy (non-hydrogen) atoms. The molecular weight excluding hydrogens is 446 g/mol. The van der Waals surface area contributed by atoms with Crippen molar-refractivity contribution in [1.82, 2.24) is 10.2 Å². The Morgan fingerprint density at radius 3 is 2.24 bits per heavy atom. The fraction of sp³-hybridized carbons (Fsp3) is 0.296. The Balaban J connectivity index is 1.36. The summed E-state index contributed by atoms with van der Waals surface area (Å²) in [5, 5.41) is 2.99. The first-order valence-corrected chi connectivity index (χ1v) is 13.4. The number of nitrogens with zero attached hydrogens (tertiary/aromatic N) is 2. The van der Waals surface area contributed by atoms with Gasteiger partial charge in [0.25, 0.3) is 5.91 Å². The summed E-state index contributed by atoms with van der Waals surface area (Å²) in [4.78, 5) is 15.1. The lowest BCUT2D eigenvalue weighted by atomic mass is 10.1. The van der Waals surface area contributed by atoms with Crippen molar-refractivity contribution in [1.29, 1.82) is 0 Å². The normalized spacial score (nSPS) is 14.1. The van der Waals surface area contributed by atoms with Gasteiger partial charge in [-0.2, -0.15) is 0 Å². The highest BCUT2D eigenvalue weighted by Crippen LogP contribution is 2.20. The summed E-state index contributed by atoms with van der Waals surface area (Å²) in [5.41, 5.74) is 4.31. The fourth-order valence-electron chi connectivity index (χ4n) is 4.24. The number of carbonyl (C=O) groups is 1. The van der Waals surface area contributed by atoms with E-state index in [0.29, 0.717) is 17.8 Å². The van der Waals surface area contributed by atoms with E-state index in [-0.39, 0.29) is 12.5 Å². The van der Waals surface area contributed by atoms with Gasteiger partial charge in [0.15, 0.2) is 0 Å². The standard InChI is InChI=1S/C27H31N3O3S/c1-34(32,33)30(26-10-3-2-4-11-26)21-22-12-14-25(15-13-22)27(31)28-19-23-8-7-9-24(18-23)20-29-16-5-6-17-29/h2-4,7-15,18H,5-6,16-17,19-21H2,1H3,(H,28,31). The van der Waals surface area contributed by atoms with E-state index < -0.39 is 10.0 Å². The van der Waals surface area contributed by atoms with Crippen molar-refractivity contribution in [2.24, 2.45) is 0 Å². The molecule has 6 nitrogen and oxygen atoms in total. The molecule has 1 saturated heterocycles. The van der Waals surface area contributed by atoms with Gasteiger partial charge in [-0.25, -0.2) is 8.42 Å². The maximum absolute atomic E-state index is 12.7. The second-order valence-electron chi connectivity index (χ2n) is 8.79. The van der Waals surface area contributed by atoms with Crippen LogP contribution in [0.4, 0.5) is 5.69 Å². The van der Waals surface area contributed by atoms with E-state index in [9.17, 15) is 13.2 Å². The Bertz CT molecular complexity index is 1210. The van der Waals surface area contributed by atoms with Gasteiger partial charge in [-0.3, -0.25) is 14.0 Å². The number of sulfonamides is 1. The molecule has 0 aromatic heterocycles. The van der Waals surface area contributed by atoms with Crippen molar-refractivity contribution >= 4 is 21.6 Å². The molecule has 1 N–H and O–H groups in total. The van der Waals surface area contributed by atoms with E-state index in [0.717, 1.165) is 30.8 Å². The number of rotatable bonds is 9. The Hall–Kier alpha value is -3.16. The fourth-order valence-corrected chi connectivity index (χ4v) is 5.13. The summed E-state index contributed by atoms with van der Waals surface area (Å²) >= 11 is 0. The first-order chi connectivity index (χ1) is 16.4. The molecule has 1 amide bonds. The van der Waals surface area contributed by atoms with Crippen LogP contribution in [0.2, 0.25) is 0 Å². The maximum atomic E-state index is 12.7. The highest BCUT2D eigenvalue weighted by molar-refractivity contribution is 7.92. The molecule has 0 saturated carbocycles. The van der Waals surface area contributed by atoms with Gasteiger partial charge in [0.1, 0.15) is 0 Å². The third-order valence-electron chi connectivity index (χ3n) is 6.04. The molecule has 0 atom stereocenters. The van der Waals surface area contributed by atoms with Crippen LogP contribution in [-0.4, -0.2) is 38.6 Å². The molecule has 3 aromatic rings. The average Bonchev–Trinajstić information content (AvgIpc) is 3.34. The van der Waals surface area contributed by atoms with Gasteiger partial charge in [0, 0.05) is 18.7 Å². The maximum Gasteiger partial charge on any atom is 0.251 e. The molecule has 0 aliphatic carbocycles. The number of nitrogens with one attached hydrogen (secondary N) is 1. The minimum atomic E-state index is -3.44. The highest BCUT2D eigenvalue weighted by atomic mass is 32.2. The van der Waals surface area contributed by atoms with Gasteiger partial charge >= 0.3 is 0 Å². The Labute approximate surface area is 202 Å². The van der Waals surface area contributed by atoms with Gasteiger partial charge < -0.3 is 5.32 Å². The summed E-state index contributed by atoms with van der Waals surface area (Å²) in [6, 6.07) is 24.4. The lowest BCUT2D eigenvalue weighted by molar-refractivity contribution is 0.0951. The van der Waals surface area contributed by atoms with Gasteiger partial charge in [-0.15, -0.1) is 0 Å². The molecule has 4 rings (SSSR count). The third-order valence-corrected chi connectivity index (χ3v) is 7.18. The van der Waals surface area contributed by atoms with Crippen LogP contribution in [0.5, 0.6) is 0 Å². The van der Waals surface area contributed by atoms with Crippen LogP contribution in [0.15, 0.2) is 78.9 Å². The van der Waals surface area contributed by atoms with Crippen molar-refractivity contribution in [3.05, 3.63) is 101 Å². The van der Waals surface area contributed by atoms with Crippen molar-refractivity contribution in [3.8, 4) is 0 Å². The number of carbonyl (C=O) groups excluding carboxylic acids is 1. The van der Waals surface area contributed by atoms with Crippen LogP contribution in [0.1, 0.15) is 39.9 Å². The third kappa shape index (κ3) is 6.46. The van der Waals surface area contributed by atoms with Crippen molar-refractivity contribution in [3.63, 3.8) is 0 Å². The van der Waals surface area contributed by atoms with Crippen molar-refractivity contribution in [2.45, 2.75) is 32.5 Å². The zero-order valence-corrected chi connectivity index (χ0v) is 20.3. The molecule has 1 fully saturated rings. The van der Waals surface area contributed by atoms with Gasteiger partial charge in [-0.1, -0.05) is 54.6 Å². The summed E-state index contributed by atoms with van der Waals surface area (Å²) < 4.78 is 26.0. The summed E-state index contributed by atoms with van der Waals surface area (Å²) in [6.45, 7) is 3.93. The Morgan fingerprint density at radius 2 is 1.56 bits per heavy atom. The predicted octanol–water partition coefficient (Wildman–Crippen LogP) is 4.18. The number of benzene rings is 3. The number of anilines is 1.